The zero-order valence-corrected chi connectivity index (χ0v) is 4.72. The average Bonchev–Trinajstić information content (AvgIpc) is 1.87. The van der Waals surface area contributed by atoms with E-state index in [0.717, 1.165) is 6.54 Å². The van der Waals surface area contributed by atoms with E-state index in [2.05, 4.69) is 11.9 Å². The van der Waals surface area contributed by atoms with Crippen molar-refractivity contribution in [2.75, 3.05) is 20.1 Å². The van der Waals surface area contributed by atoms with Gasteiger partial charge in [-0.15, -0.1) is 0 Å². The first-order valence-corrected chi connectivity index (χ1v) is 2.73. The maximum Gasteiger partial charge on any atom is 0.0179 e. The minimum absolute atomic E-state index is 0.449. The second kappa shape index (κ2) is 1.80. The maximum atomic E-state index is 5.58. The minimum atomic E-state index is 0.449. The van der Waals surface area contributed by atoms with Gasteiger partial charge in [-0.2, -0.15) is 0 Å². The van der Waals surface area contributed by atoms with Crippen molar-refractivity contribution in [1.82, 2.24) is 4.90 Å². The van der Waals surface area contributed by atoms with Crippen LogP contribution in [0.4, 0.5) is 0 Å². The number of nitrogens with two attached hydrogens (primary N) is 1. The summed E-state index contributed by atoms with van der Waals surface area (Å²) >= 11 is 0. The largest absolute Gasteiger partial charge is 0.326 e. The van der Waals surface area contributed by atoms with Gasteiger partial charge in [0.1, 0.15) is 0 Å². The summed E-state index contributed by atoms with van der Waals surface area (Å²) in [6.45, 7) is 2.27. The molecule has 0 saturated carbocycles. The van der Waals surface area contributed by atoms with E-state index in [1.54, 1.807) is 0 Å². The van der Waals surface area contributed by atoms with Crippen LogP contribution in [0.5, 0.6) is 0 Å². The highest BCUT2D eigenvalue weighted by Crippen LogP contribution is 2.01. The smallest absolute Gasteiger partial charge is 0.0179 e. The van der Waals surface area contributed by atoms with E-state index in [4.69, 9.17) is 5.73 Å². The molecule has 1 saturated heterocycles. The van der Waals surface area contributed by atoms with Gasteiger partial charge in [-0.05, 0) is 20.0 Å². The first-order chi connectivity index (χ1) is 3.29. The van der Waals surface area contributed by atoms with E-state index in [1.165, 1.54) is 13.0 Å². The number of likely N-dealkylation sites (N-methyl/N-ethyl adjacent to an activating group) is 1. The minimum Gasteiger partial charge on any atom is -0.326 e. The Hall–Kier alpha value is -0.0800. The maximum absolute atomic E-state index is 5.58. The monoisotopic (exact) mass is 100 g/mol. The van der Waals surface area contributed by atoms with Crippen LogP contribution in [0.2, 0.25) is 0 Å². The molecule has 2 heteroatoms. The molecule has 0 bridgehead atoms. The lowest BCUT2D eigenvalue weighted by molar-refractivity contribution is 0.411. The topological polar surface area (TPSA) is 29.3 Å². The second-order valence-electron chi connectivity index (χ2n) is 2.31. The summed E-state index contributed by atoms with van der Waals surface area (Å²) < 4.78 is 0. The second-order valence-corrected chi connectivity index (χ2v) is 2.31. The Morgan fingerprint density at radius 3 is 2.57 bits per heavy atom. The lowest BCUT2D eigenvalue weighted by Crippen LogP contribution is -2.23. The van der Waals surface area contributed by atoms with Crippen molar-refractivity contribution in [2.24, 2.45) is 5.73 Å². The van der Waals surface area contributed by atoms with E-state index in [0.29, 0.717) is 6.04 Å². The number of likely N-dealkylation sites (tertiary alicyclic amines) is 1. The summed E-state index contributed by atoms with van der Waals surface area (Å²) in [5, 5.41) is 0. The molecule has 7 heavy (non-hydrogen) atoms. The molecule has 0 spiro atoms. The van der Waals surface area contributed by atoms with Crippen molar-refractivity contribution in [3.05, 3.63) is 0 Å². The highest BCUT2D eigenvalue weighted by Gasteiger charge is 2.13. The fourth-order valence-corrected chi connectivity index (χ4v) is 0.969. The molecule has 0 amide bonds. The zero-order valence-electron chi connectivity index (χ0n) is 4.72. The van der Waals surface area contributed by atoms with Crippen LogP contribution in [0, 0.1) is 0 Å². The van der Waals surface area contributed by atoms with Crippen LogP contribution in [0.25, 0.3) is 0 Å². The van der Waals surface area contributed by atoms with E-state index in [9.17, 15) is 0 Å². The van der Waals surface area contributed by atoms with Gasteiger partial charge in [0.2, 0.25) is 0 Å². The molecular formula is C5H12N2. The normalized spacial score (nSPS) is 34.3. The van der Waals surface area contributed by atoms with Crippen LogP contribution >= 0.6 is 0 Å². The highest BCUT2D eigenvalue weighted by atomic mass is 15.1. The molecule has 2 N–H and O–H groups in total. The Labute approximate surface area is 44.3 Å². The summed E-state index contributed by atoms with van der Waals surface area (Å²) in [7, 11) is 2.10. The predicted octanol–water partition coefficient (Wildman–Crippen LogP) is -0.351. The van der Waals surface area contributed by atoms with Gasteiger partial charge in [0.15, 0.2) is 0 Å². The average molecular weight is 100 g/mol. The molecule has 1 aliphatic rings. The molecule has 1 rings (SSSR count). The molecule has 2 nitrogen and oxygen atoms in total. The van der Waals surface area contributed by atoms with Crippen LogP contribution in [-0.4, -0.2) is 31.1 Å². The zero-order chi connectivity index (χ0) is 5.28. The summed E-state index contributed by atoms with van der Waals surface area (Å²) in [6.07, 6.45) is 1.18. The molecule has 0 aliphatic carbocycles. The van der Waals surface area contributed by atoms with Crippen LogP contribution in [-0.2, 0) is 0 Å². The van der Waals surface area contributed by atoms with Crippen molar-refractivity contribution < 1.29 is 0 Å². The van der Waals surface area contributed by atoms with Gasteiger partial charge in [-0.25, -0.2) is 0 Å². The van der Waals surface area contributed by atoms with Crippen LogP contribution < -0.4 is 5.73 Å². The van der Waals surface area contributed by atoms with Gasteiger partial charge in [0.05, 0.1) is 0 Å². The van der Waals surface area contributed by atoms with E-state index in [-0.39, 0.29) is 0 Å². The molecule has 1 unspecified atom stereocenters. The Morgan fingerprint density at radius 2 is 2.43 bits per heavy atom. The van der Waals surface area contributed by atoms with Gasteiger partial charge in [0.25, 0.3) is 0 Å². The molecule has 0 aromatic rings. The molecule has 1 heterocycles. The van der Waals surface area contributed by atoms with E-state index < -0.39 is 0 Å². The van der Waals surface area contributed by atoms with Crippen molar-refractivity contribution in [3.63, 3.8) is 0 Å². The molecule has 1 fully saturated rings. The summed E-state index contributed by atoms with van der Waals surface area (Å²) in [5.74, 6) is 0. The summed E-state index contributed by atoms with van der Waals surface area (Å²) in [4.78, 5) is 2.25. The SMILES string of the molecule is CN1CCC(N)C1. The third-order valence-electron chi connectivity index (χ3n) is 1.43. The van der Waals surface area contributed by atoms with Gasteiger partial charge < -0.3 is 10.6 Å². The summed E-state index contributed by atoms with van der Waals surface area (Å²) in [5.41, 5.74) is 5.58. The molecule has 0 aromatic carbocycles. The molecule has 1 atom stereocenters. The number of hydrogen-bond donors (Lipinski definition) is 1. The third kappa shape index (κ3) is 1.14. The molecule has 1 aliphatic heterocycles. The van der Waals surface area contributed by atoms with Gasteiger partial charge in [-0.1, -0.05) is 0 Å². The van der Waals surface area contributed by atoms with Crippen molar-refractivity contribution in [3.8, 4) is 0 Å². The predicted molar refractivity (Wildman–Crippen MR) is 30.1 cm³/mol. The third-order valence-corrected chi connectivity index (χ3v) is 1.43. The van der Waals surface area contributed by atoms with Crippen LogP contribution in [0.3, 0.4) is 0 Å². The molecule has 0 radical (unpaired) electrons. The first kappa shape index (κ1) is 5.06. The number of hydrogen-bond acceptors (Lipinski definition) is 2. The summed E-state index contributed by atoms with van der Waals surface area (Å²) in [6, 6.07) is 0.449. The van der Waals surface area contributed by atoms with Crippen molar-refractivity contribution in [1.29, 1.82) is 0 Å². The molecular weight excluding hydrogens is 88.1 g/mol. The lowest BCUT2D eigenvalue weighted by atomic mass is 10.3. The Morgan fingerprint density at radius 1 is 1.71 bits per heavy atom. The van der Waals surface area contributed by atoms with E-state index >= 15 is 0 Å². The van der Waals surface area contributed by atoms with Crippen molar-refractivity contribution >= 4 is 0 Å². The molecule has 42 valence electrons. The Kier molecular flexibility index (Phi) is 1.30. The number of nitrogens with zero attached hydrogens (tertiary/aromatic N) is 1. The highest BCUT2D eigenvalue weighted by molar-refractivity contribution is 4.74. The quantitative estimate of drug-likeness (QED) is 0.451. The van der Waals surface area contributed by atoms with Gasteiger partial charge >= 0.3 is 0 Å². The standard InChI is InChI=1S/C5H12N2/c1-7-3-2-5(6)4-7/h5H,2-4,6H2,1H3. The Balaban J connectivity index is 2.26. The van der Waals surface area contributed by atoms with E-state index in [1.807, 2.05) is 0 Å². The van der Waals surface area contributed by atoms with Gasteiger partial charge in [-0.3, -0.25) is 0 Å². The Bertz CT molecular complexity index is 55.1. The fourth-order valence-electron chi connectivity index (χ4n) is 0.969. The fraction of sp³-hybridized carbons (Fsp3) is 1.00. The molecule has 0 aromatic heterocycles. The van der Waals surface area contributed by atoms with Crippen molar-refractivity contribution in [2.45, 2.75) is 12.5 Å². The lowest BCUT2D eigenvalue weighted by Gasteiger charge is -2.03. The van der Waals surface area contributed by atoms with Crippen LogP contribution in [0.1, 0.15) is 6.42 Å². The first-order valence-electron chi connectivity index (χ1n) is 2.73. The van der Waals surface area contributed by atoms with Gasteiger partial charge in [0, 0.05) is 12.6 Å². The number of rotatable bonds is 0. The van der Waals surface area contributed by atoms with Crippen LogP contribution in [0.15, 0.2) is 0 Å².